The fourth-order valence-electron chi connectivity index (χ4n) is 1.94. The second-order valence-corrected chi connectivity index (χ2v) is 4.39. The molecule has 0 unspecified atom stereocenters. The SMILES string of the molecule is CCOc1cc(C=C(C(=O)O)c2ccccc2)ccc1O. The summed E-state index contributed by atoms with van der Waals surface area (Å²) in [4.78, 5) is 11.4. The Labute approximate surface area is 122 Å². The summed E-state index contributed by atoms with van der Waals surface area (Å²) >= 11 is 0. The molecular weight excluding hydrogens is 268 g/mol. The van der Waals surface area contributed by atoms with Crippen LogP contribution in [0.25, 0.3) is 11.6 Å². The van der Waals surface area contributed by atoms with Crippen LogP contribution in [0.4, 0.5) is 0 Å². The van der Waals surface area contributed by atoms with E-state index in [0.29, 0.717) is 23.5 Å². The van der Waals surface area contributed by atoms with Gasteiger partial charge in [-0.25, -0.2) is 4.79 Å². The molecule has 0 spiro atoms. The first-order valence-corrected chi connectivity index (χ1v) is 6.58. The van der Waals surface area contributed by atoms with Crippen LogP contribution < -0.4 is 4.74 Å². The summed E-state index contributed by atoms with van der Waals surface area (Å²) in [6.07, 6.45) is 1.56. The lowest BCUT2D eigenvalue weighted by Gasteiger charge is -2.07. The second kappa shape index (κ2) is 6.61. The zero-order valence-corrected chi connectivity index (χ0v) is 11.6. The zero-order valence-electron chi connectivity index (χ0n) is 11.6. The normalized spacial score (nSPS) is 11.2. The van der Waals surface area contributed by atoms with E-state index >= 15 is 0 Å². The predicted octanol–water partition coefficient (Wildman–Crippen LogP) is 3.42. The molecule has 2 aromatic rings. The van der Waals surface area contributed by atoms with Crippen molar-refractivity contribution in [3.8, 4) is 11.5 Å². The minimum Gasteiger partial charge on any atom is -0.504 e. The number of aromatic hydroxyl groups is 1. The maximum atomic E-state index is 11.4. The van der Waals surface area contributed by atoms with Crippen molar-refractivity contribution in [2.75, 3.05) is 6.61 Å². The number of hydrogen-bond acceptors (Lipinski definition) is 3. The summed E-state index contributed by atoms with van der Waals surface area (Å²) < 4.78 is 5.30. The van der Waals surface area contributed by atoms with Gasteiger partial charge in [0.15, 0.2) is 11.5 Å². The largest absolute Gasteiger partial charge is 0.504 e. The van der Waals surface area contributed by atoms with Crippen molar-refractivity contribution in [1.82, 2.24) is 0 Å². The molecule has 2 rings (SSSR count). The summed E-state index contributed by atoms with van der Waals surface area (Å²) in [5, 5.41) is 19.0. The van der Waals surface area contributed by atoms with Crippen molar-refractivity contribution in [3.63, 3.8) is 0 Å². The van der Waals surface area contributed by atoms with Crippen LogP contribution in [0.15, 0.2) is 48.5 Å². The molecule has 0 radical (unpaired) electrons. The molecular formula is C17H16O4. The Balaban J connectivity index is 2.44. The van der Waals surface area contributed by atoms with Crippen molar-refractivity contribution in [3.05, 3.63) is 59.7 Å². The van der Waals surface area contributed by atoms with E-state index in [2.05, 4.69) is 0 Å². The van der Waals surface area contributed by atoms with Gasteiger partial charge in [-0.15, -0.1) is 0 Å². The van der Waals surface area contributed by atoms with Crippen molar-refractivity contribution >= 4 is 17.6 Å². The molecule has 0 aromatic heterocycles. The van der Waals surface area contributed by atoms with E-state index in [1.54, 1.807) is 42.5 Å². The number of carbonyl (C=O) groups is 1. The summed E-state index contributed by atoms with van der Waals surface area (Å²) in [6.45, 7) is 2.24. The number of carboxylic acids is 1. The lowest BCUT2D eigenvalue weighted by Crippen LogP contribution is -1.99. The van der Waals surface area contributed by atoms with Gasteiger partial charge in [-0.3, -0.25) is 0 Å². The highest BCUT2D eigenvalue weighted by molar-refractivity contribution is 6.20. The van der Waals surface area contributed by atoms with Crippen LogP contribution in [-0.4, -0.2) is 22.8 Å². The topological polar surface area (TPSA) is 66.8 Å². The molecule has 2 aromatic carbocycles. The van der Waals surface area contributed by atoms with Crippen LogP contribution in [0.1, 0.15) is 18.1 Å². The van der Waals surface area contributed by atoms with Crippen LogP contribution in [0.3, 0.4) is 0 Å². The van der Waals surface area contributed by atoms with E-state index in [-0.39, 0.29) is 11.3 Å². The third-order valence-electron chi connectivity index (χ3n) is 2.91. The fraction of sp³-hybridized carbons (Fsp3) is 0.118. The quantitative estimate of drug-likeness (QED) is 0.652. The number of phenols is 1. The molecule has 0 heterocycles. The number of hydrogen-bond donors (Lipinski definition) is 2. The van der Waals surface area contributed by atoms with Gasteiger partial charge in [0.05, 0.1) is 12.2 Å². The Morgan fingerprint density at radius 2 is 1.90 bits per heavy atom. The van der Waals surface area contributed by atoms with E-state index in [1.165, 1.54) is 6.07 Å². The standard InChI is InChI=1S/C17H16O4/c1-2-21-16-11-12(8-9-15(16)18)10-14(17(19)20)13-6-4-3-5-7-13/h3-11,18H,2H2,1H3,(H,19,20). The molecule has 21 heavy (non-hydrogen) atoms. The van der Waals surface area contributed by atoms with E-state index in [1.807, 2.05) is 13.0 Å². The number of aliphatic carboxylic acids is 1. The van der Waals surface area contributed by atoms with E-state index in [9.17, 15) is 15.0 Å². The lowest BCUT2D eigenvalue weighted by atomic mass is 10.0. The number of ether oxygens (including phenoxy) is 1. The van der Waals surface area contributed by atoms with Gasteiger partial charge in [0, 0.05) is 0 Å². The first kappa shape index (κ1) is 14.7. The summed E-state index contributed by atoms with van der Waals surface area (Å²) in [7, 11) is 0. The molecule has 0 amide bonds. The molecule has 0 fully saturated rings. The fourth-order valence-corrected chi connectivity index (χ4v) is 1.94. The third-order valence-corrected chi connectivity index (χ3v) is 2.91. The van der Waals surface area contributed by atoms with Crippen molar-refractivity contribution in [2.24, 2.45) is 0 Å². The molecule has 0 bridgehead atoms. The Morgan fingerprint density at radius 1 is 1.19 bits per heavy atom. The number of carboxylic acid groups (broad SMARTS) is 1. The van der Waals surface area contributed by atoms with E-state index in [4.69, 9.17) is 4.74 Å². The first-order valence-electron chi connectivity index (χ1n) is 6.58. The van der Waals surface area contributed by atoms with Crippen LogP contribution in [0.5, 0.6) is 11.5 Å². The monoisotopic (exact) mass is 284 g/mol. The molecule has 4 heteroatoms. The van der Waals surface area contributed by atoms with Crippen LogP contribution in [0, 0.1) is 0 Å². The average Bonchev–Trinajstić information content (AvgIpc) is 2.48. The summed E-state index contributed by atoms with van der Waals surface area (Å²) in [5.74, 6) is -0.637. The minimum absolute atomic E-state index is 0.0330. The highest BCUT2D eigenvalue weighted by atomic mass is 16.5. The van der Waals surface area contributed by atoms with Crippen LogP contribution >= 0.6 is 0 Å². The molecule has 0 aliphatic heterocycles. The second-order valence-electron chi connectivity index (χ2n) is 4.39. The predicted molar refractivity (Wildman–Crippen MR) is 81.2 cm³/mol. The van der Waals surface area contributed by atoms with Crippen LogP contribution in [0.2, 0.25) is 0 Å². The van der Waals surface area contributed by atoms with E-state index < -0.39 is 5.97 Å². The van der Waals surface area contributed by atoms with E-state index in [0.717, 1.165) is 0 Å². The summed E-state index contributed by atoms with van der Waals surface area (Å²) in [5.41, 5.74) is 1.46. The van der Waals surface area contributed by atoms with Crippen LogP contribution in [-0.2, 0) is 4.79 Å². The van der Waals surface area contributed by atoms with Gasteiger partial charge in [0.25, 0.3) is 0 Å². The average molecular weight is 284 g/mol. The Hall–Kier alpha value is -2.75. The lowest BCUT2D eigenvalue weighted by molar-refractivity contribution is -0.130. The highest BCUT2D eigenvalue weighted by Gasteiger charge is 2.11. The molecule has 0 saturated heterocycles. The smallest absolute Gasteiger partial charge is 0.336 e. The van der Waals surface area contributed by atoms with Gasteiger partial charge in [-0.05, 0) is 36.3 Å². The third kappa shape index (κ3) is 3.63. The first-order chi connectivity index (χ1) is 10.1. The minimum atomic E-state index is -1.01. The molecule has 0 aliphatic carbocycles. The van der Waals surface area contributed by atoms with Crippen molar-refractivity contribution in [2.45, 2.75) is 6.92 Å². The van der Waals surface area contributed by atoms with Gasteiger partial charge in [-0.2, -0.15) is 0 Å². The Bertz CT molecular complexity index is 660. The molecule has 108 valence electrons. The zero-order chi connectivity index (χ0) is 15.2. The Kier molecular flexibility index (Phi) is 4.61. The molecule has 4 nitrogen and oxygen atoms in total. The maximum Gasteiger partial charge on any atom is 0.336 e. The van der Waals surface area contributed by atoms with Gasteiger partial charge in [0.1, 0.15) is 0 Å². The number of rotatable bonds is 5. The molecule has 0 atom stereocenters. The highest BCUT2D eigenvalue weighted by Crippen LogP contribution is 2.29. The van der Waals surface area contributed by atoms with Gasteiger partial charge in [0.2, 0.25) is 0 Å². The number of phenolic OH excluding ortho intramolecular Hbond substituents is 1. The molecule has 2 N–H and O–H groups in total. The maximum absolute atomic E-state index is 11.4. The van der Waals surface area contributed by atoms with Gasteiger partial charge < -0.3 is 14.9 Å². The van der Waals surface area contributed by atoms with Gasteiger partial charge >= 0.3 is 5.97 Å². The molecule has 0 saturated carbocycles. The number of benzene rings is 2. The summed E-state index contributed by atoms with van der Waals surface area (Å²) in [6, 6.07) is 13.6. The molecule has 0 aliphatic rings. The van der Waals surface area contributed by atoms with Gasteiger partial charge in [-0.1, -0.05) is 36.4 Å². The van der Waals surface area contributed by atoms with Crippen molar-refractivity contribution in [1.29, 1.82) is 0 Å². The Morgan fingerprint density at radius 3 is 2.52 bits per heavy atom. The van der Waals surface area contributed by atoms with Crippen molar-refractivity contribution < 1.29 is 19.7 Å².